The summed E-state index contributed by atoms with van der Waals surface area (Å²) in [5.74, 6) is 0.260. The van der Waals surface area contributed by atoms with Crippen molar-refractivity contribution in [3.63, 3.8) is 0 Å². The van der Waals surface area contributed by atoms with E-state index in [2.05, 4.69) is 67.0 Å². The van der Waals surface area contributed by atoms with E-state index >= 15 is 0 Å². The molecule has 2 N–H and O–H groups in total. The molecule has 0 unspecified atom stereocenters. The van der Waals surface area contributed by atoms with Gasteiger partial charge in [0.1, 0.15) is 12.4 Å². The highest BCUT2D eigenvalue weighted by molar-refractivity contribution is 9.10. The number of benzene rings is 2. The smallest absolute Gasteiger partial charge is 0.250 e. The topological polar surface area (TPSA) is 80.7 Å². The standard InChI is InChI=1S/C30H30BrN5O3S/c1-18-15-21(19(2)35(18)25-11-6-5-9-22(25)31)29-28(23-10-7-8-14-32-23)34-30(40)36(29)20-12-13-26(39-4)24(16-20)33-27(37)17-38-3/h5-16,28-29H,17H2,1-4H3,(H,33,37)(H,34,40)/t28-,29-/m1/s1. The maximum atomic E-state index is 12.4. The minimum Gasteiger partial charge on any atom is -0.495 e. The van der Waals surface area contributed by atoms with Gasteiger partial charge in [-0.1, -0.05) is 18.2 Å². The predicted octanol–water partition coefficient (Wildman–Crippen LogP) is 6.02. The molecule has 5 rings (SSSR count). The van der Waals surface area contributed by atoms with Crippen LogP contribution in [0.3, 0.4) is 0 Å². The summed E-state index contributed by atoms with van der Waals surface area (Å²) in [4.78, 5) is 19.2. The molecule has 1 amide bonds. The van der Waals surface area contributed by atoms with Crippen LogP contribution in [0.25, 0.3) is 5.69 Å². The van der Waals surface area contributed by atoms with Crippen molar-refractivity contribution in [2.45, 2.75) is 25.9 Å². The van der Waals surface area contributed by atoms with Gasteiger partial charge in [0.2, 0.25) is 5.91 Å². The number of rotatable bonds is 8. The van der Waals surface area contributed by atoms with Crippen LogP contribution in [-0.2, 0) is 9.53 Å². The monoisotopic (exact) mass is 619 g/mol. The van der Waals surface area contributed by atoms with Crippen molar-refractivity contribution >= 4 is 50.5 Å². The Kier molecular flexibility index (Phi) is 8.20. The van der Waals surface area contributed by atoms with Crippen molar-refractivity contribution in [1.29, 1.82) is 0 Å². The zero-order chi connectivity index (χ0) is 28.4. The number of carbonyl (C=O) groups is 1. The van der Waals surface area contributed by atoms with E-state index in [1.54, 1.807) is 13.3 Å². The molecule has 1 saturated heterocycles. The first-order chi connectivity index (χ1) is 19.3. The molecule has 0 bridgehead atoms. The van der Waals surface area contributed by atoms with Crippen LogP contribution in [0.5, 0.6) is 5.75 Å². The molecule has 3 heterocycles. The Bertz CT molecular complexity index is 1560. The summed E-state index contributed by atoms with van der Waals surface area (Å²) in [7, 11) is 3.05. The van der Waals surface area contributed by atoms with Gasteiger partial charge in [-0.25, -0.2) is 0 Å². The van der Waals surface area contributed by atoms with Gasteiger partial charge in [0.05, 0.1) is 36.3 Å². The number of ether oxygens (including phenoxy) is 2. The number of halogens is 1. The van der Waals surface area contributed by atoms with Crippen molar-refractivity contribution < 1.29 is 14.3 Å². The molecular formula is C30H30BrN5O3S. The fraction of sp³-hybridized carbons (Fsp3) is 0.233. The first kappa shape index (κ1) is 27.8. The van der Waals surface area contributed by atoms with Crippen LogP contribution in [0.2, 0.25) is 0 Å². The third kappa shape index (κ3) is 5.22. The number of thiocarbonyl (C=S) groups is 1. The second-order valence-corrected chi connectivity index (χ2v) is 10.7. The minimum absolute atomic E-state index is 0.0670. The van der Waals surface area contributed by atoms with Crippen molar-refractivity contribution in [1.82, 2.24) is 14.9 Å². The molecule has 1 aliphatic heterocycles. The van der Waals surface area contributed by atoms with Crippen LogP contribution in [-0.4, -0.2) is 41.4 Å². The molecule has 0 radical (unpaired) electrons. The second-order valence-electron chi connectivity index (χ2n) is 9.48. The third-order valence-electron chi connectivity index (χ3n) is 6.99. The molecule has 4 aromatic rings. The summed E-state index contributed by atoms with van der Waals surface area (Å²) in [6, 6.07) is 21.5. The number of hydrogen-bond acceptors (Lipinski definition) is 5. The molecular weight excluding hydrogens is 590 g/mol. The van der Waals surface area contributed by atoms with Crippen LogP contribution < -0.4 is 20.3 Å². The Morgan fingerprint density at radius 3 is 2.58 bits per heavy atom. The molecule has 0 spiro atoms. The molecule has 1 fully saturated rings. The van der Waals surface area contributed by atoms with E-state index in [0.717, 1.165) is 38.5 Å². The van der Waals surface area contributed by atoms with Crippen molar-refractivity contribution in [2.24, 2.45) is 0 Å². The van der Waals surface area contributed by atoms with Gasteiger partial charge in [0.15, 0.2) is 5.11 Å². The van der Waals surface area contributed by atoms with Crippen LogP contribution >= 0.6 is 28.1 Å². The van der Waals surface area contributed by atoms with Gasteiger partial charge in [-0.3, -0.25) is 9.78 Å². The van der Waals surface area contributed by atoms with E-state index in [0.29, 0.717) is 16.5 Å². The highest BCUT2D eigenvalue weighted by atomic mass is 79.9. The van der Waals surface area contributed by atoms with Gasteiger partial charge in [-0.05, 0) is 96.1 Å². The van der Waals surface area contributed by atoms with Crippen LogP contribution in [0.15, 0.2) is 77.4 Å². The number of para-hydroxylation sites is 1. The molecule has 8 nitrogen and oxygen atoms in total. The van der Waals surface area contributed by atoms with Gasteiger partial charge in [0, 0.05) is 34.9 Å². The average molecular weight is 621 g/mol. The van der Waals surface area contributed by atoms with E-state index in [4.69, 9.17) is 21.7 Å². The number of amides is 1. The largest absolute Gasteiger partial charge is 0.495 e. The van der Waals surface area contributed by atoms with E-state index in [9.17, 15) is 4.79 Å². The first-order valence-corrected chi connectivity index (χ1v) is 14.0. The molecule has 0 aliphatic carbocycles. The number of aromatic nitrogens is 2. The normalized spacial score (nSPS) is 16.6. The Labute approximate surface area is 247 Å². The Morgan fingerprint density at radius 1 is 1.10 bits per heavy atom. The number of aryl methyl sites for hydroxylation is 1. The van der Waals surface area contributed by atoms with Gasteiger partial charge in [-0.15, -0.1) is 0 Å². The molecule has 40 heavy (non-hydrogen) atoms. The number of hydrogen-bond donors (Lipinski definition) is 2. The van der Waals surface area contributed by atoms with E-state index < -0.39 is 0 Å². The summed E-state index contributed by atoms with van der Waals surface area (Å²) in [6.45, 7) is 4.16. The van der Waals surface area contributed by atoms with Gasteiger partial charge >= 0.3 is 0 Å². The average Bonchev–Trinajstić information content (AvgIpc) is 3.44. The fourth-order valence-electron chi connectivity index (χ4n) is 5.30. The SMILES string of the molecule is COCC(=O)Nc1cc(N2C(=S)N[C@H](c3ccccn3)[C@H]2c2cc(C)n(-c3ccccc3Br)c2C)ccc1OC. The lowest BCUT2D eigenvalue weighted by molar-refractivity contribution is -0.119. The third-order valence-corrected chi connectivity index (χ3v) is 7.98. The zero-order valence-corrected chi connectivity index (χ0v) is 25.0. The zero-order valence-electron chi connectivity index (χ0n) is 22.6. The number of methoxy groups -OCH3 is 2. The summed E-state index contributed by atoms with van der Waals surface area (Å²) in [5.41, 5.74) is 6.57. The minimum atomic E-state index is -0.278. The highest BCUT2D eigenvalue weighted by Gasteiger charge is 2.42. The van der Waals surface area contributed by atoms with Gasteiger partial charge in [-0.2, -0.15) is 0 Å². The van der Waals surface area contributed by atoms with E-state index in [1.807, 2.05) is 54.6 Å². The van der Waals surface area contributed by atoms with Gasteiger partial charge < -0.3 is 29.6 Å². The Hall–Kier alpha value is -3.73. The summed E-state index contributed by atoms with van der Waals surface area (Å²) < 4.78 is 13.8. The number of anilines is 2. The molecule has 2 aromatic heterocycles. The number of carbonyl (C=O) groups excluding carboxylic acids is 1. The van der Waals surface area contributed by atoms with Crippen molar-refractivity contribution in [2.75, 3.05) is 31.0 Å². The maximum Gasteiger partial charge on any atom is 0.250 e. The molecule has 1 aliphatic rings. The summed E-state index contributed by atoms with van der Waals surface area (Å²) >= 11 is 9.67. The first-order valence-electron chi connectivity index (χ1n) is 12.7. The number of nitrogens with one attached hydrogen (secondary N) is 2. The summed E-state index contributed by atoms with van der Waals surface area (Å²) in [6.07, 6.45) is 1.79. The van der Waals surface area contributed by atoms with Crippen molar-refractivity contribution in [3.8, 4) is 11.4 Å². The quantitative estimate of drug-likeness (QED) is 0.233. The van der Waals surface area contributed by atoms with Crippen molar-refractivity contribution in [3.05, 3.63) is 100 Å². The fourth-order valence-corrected chi connectivity index (χ4v) is 6.11. The molecule has 2 atom stereocenters. The molecule has 10 heteroatoms. The Morgan fingerprint density at radius 2 is 1.88 bits per heavy atom. The van der Waals surface area contributed by atoms with E-state index in [1.165, 1.54) is 7.11 Å². The maximum absolute atomic E-state index is 12.4. The van der Waals surface area contributed by atoms with Crippen LogP contribution in [0, 0.1) is 13.8 Å². The van der Waals surface area contributed by atoms with Crippen LogP contribution in [0.4, 0.5) is 11.4 Å². The number of pyridine rings is 1. The lowest BCUT2D eigenvalue weighted by atomic mass is 9.96. The van der Waals surface area contributed by atoms with Crippen LogP contribution in [0.1, 0.15) is 34.7 Å². The summed E-state index contributed by atoms with van der Waals surface area (Å²) in [5, 5.41) is 6.97. The lowest BCUT2D eigenvalue weighted by Crippen LogP contribution is -2.29. The predicted molar refractivity (Wildman–Crippen MR) is 164 cm³/mol. The molecule has 2 aromatic carbocycles. The molecule has 206 valence electrons. The lowest BCUT2D eigenvalue weighted by Gasteiger charge is -2.29. The number of nitrogens with zero attached hydrogens (tertiary/aromatic N) is 3. The highest BCUT2D eigenvalue weighted by Crippen LogP contribution is 2.45. The van der Waals surface area contributed by atoms with E-state index in [-0.39, 0.29) is 24.6 Å². The Balaban J connectivity index is 1.66. The van der Waals surface area contributed by atoms with Gasteiger partial charge in [0.25, 0.3) is 0 Å². The molecule has 0 saturated carbocycles. The second kappa shape index (κ2) is 11.8.